The van der Waals surface area contributed by atoms with Crippen molar-refractivity contribution < 1.29 is 13.6 Å². The number of amides is 1. The molecule has 1 aliphatic rings. The largest absolute Gasteiger partial charge is 0.340 e. The minimum Gasteiger partial charge on any atom is -0.340 e. The highest BCUT2D eigenvalue weighted by Crippen LogP contribution is 2.18. The fraction of sp³-hybridized carbons (Fsp3) is 0.909. The zero-order chi connectivity index (χ0) is 12.0. The molecule has 1 N–H and O–H groups in total. The predicted octanol–water partition coefficient (Wildman–Crippen LogP) is 1.49. The van der Waals surface area contributed by atoms with Crippen molar-refractivity contribution in [2.45, 2.75) is 32.1 Å². The van der Waals surface area contributed by atoms with Gasteiger partial charge < -0.3 is 10.2 Å². The molecule has 94 valence electrons. The quantitative estimate of drug-likeness (QED) is 0.781. The van der Waals surface area contributed by atoms with Crippen LogP contribution in [0.1, 0.15) is 25.7 Å². The molecule has 1 heterocycles. The van der Waals surface area contributed by atoms with Crippen molar-refractivity contribution in [3.05, 3.63) is 0 Å². The zero-order valence-corrected chi connectivity index (χ0v) is 9.72. The Kier molecular flexibility index (Phi) is 5.66. The van der Waals surface area contributed by atoms with Gasteiger partial charge in [0, 0.05) is 13.5 Å². The summed E-state index contributed by atoms with van der Waals surface area (Å²) in [6, 6.07) is 0. The molecule has 0 bridgehead atoms. The number of rotatable bonds is 5. The van der Waals surface area contributed by atoms with Crippen LogP contribution in [0.25, 0.3) is 0 Å². The minimum absolute atomic E-state index is 0.168. The smallest absolute Gasteiger partial charge is 0.255 e. The van der Waals surface area contributed by atoms with E-state index in [0.29, 0.717) is 12.3 Å². The lowest BCUT2D eigenvalue weighted by atomic mass is 9.93. The number of hydrogen-bond acceptors (Lipinski definition) is 2. The van der Waals surface area contributed by atoms with E-state index in [2.05, 4.69) is 5.32 Å². The number of carbonyl (C=O) groups is 1. The number of halogens is 2. The summed E-state index contributed by atoms with van der Waals surface area (Å²) in [7, 11) is 1.44. The van der Waals surface area contributed by atoms with Crippen LogP contribution >= 0.6 is 0 Å². The van der Waals surface area contributed by atoms with Crippen LogP contribution in [0.5, 0.6) is 0 Å². The summed E-state index contributed by atoms with van der Waals surface area (Å²) in [5, 5.41) is 3.26. The number of nitrogens with zero attached hydrogens (tertiary/aromatic N) is 1. The Balaban J connectivity index is 2.17. The second-order valence-corrected chi connectivity index (χ2v) is 4.40. The van der Waals surface area contributed by atoms with Gasteiger partial charge >= 0.3 is 0 Å². The molecule has 0 aromatic carbocycles. The van der Waals surface area contributed by atoms with Crippen LogP contribution in [0.15, 0.2) is 0 Å². The molecule has 0 radical (unpaired) electrons. The van der Waals surface area contributed by atoms with E-state index in [0.717, 1.165) is 37.3 Å². The number of piperidine rings is 1. The van der Waals surface area contributed by atoms with Crippen molar-refractivity contribution in [1.82, 2.24) is 10.2 Å². The maximum atomic E-state index is 12.0. The summed E-state index contributed by atoms with van der Waals surface area (Å²) in [5.74, 6) is 0.406. The topological polar surface area (TPSA) is 32.3 Å². The van der Waals surface area contributed by atoms with Gasteiger partial charge in [0.05, 0.1) is 6.54 Å². The third-order valence-corrected chi connectivity index (χ3v) is 3.06. The fourth-order valence-corrected chi connectivity index (χ4v) is 2.00. The molecule has 1 fully saturated rings. The van der Waals surface area contributed by atoms with E-state index in [9.17, 15) is 13.6 Å². The van der Waals surface area contributed by atoms with E-state index >= 15 is 0 Å². The molecule has 5 heteroatoms. The number of hydrogen-bond donors (Lipinski definition) is 1. The van der Waals surface area contributed by atoms with Crippen molar-refractivity contribution in [2.24, 2.45) is 5.92 Å². The lowest BCUT2D eigenvalue weighted by Crippen LogP contribution is -2.32. The van der Waals surface area contributed by atoms with Crippen LogP contribution in [0.3, 0.4) is 0 Å². The van der Waals surface area contributed by atoms with Gasteiger partial charge in [-0.25, -0.2) is 8.78 Å². The lowest BCUT2D eigenvalue weighted by Gasteiger charge is -2.23. The summed E-state index contributed by atoms with van der Waals surface area (Å²) < 4.78 is 24.1. The lowest BCUT2D eigenvalue weighted by molar-refractivity contribution is -0.132. The van der Waals surface area contributed by atoms with E-state index < -0.39 is 13.0 Å². The zero-order valence-electron chi connectivity index (χ0n) is 9.72. The molecular weight excluding hydrogens is 214 g/mol. The highest BCUT2D eigenvalue weighted by molar-refractivity contribution is 5.75. The fourth-order valence-electron chi connectivity index (χ4n) is 2.00. The van der Waals surface area contributed by atoms with Crippen molar-refractivity contribution in [2.75, 3.05) is 26.7 Å². The maximum Gasteiger partial charge on any atom is 0.255 e. The Morgan fingerprint density at radius 2 is 2.06 bits per heavy atom. The van der Waals surface area contributed by atoms with Gasteiger partial charge in [-0.15, -0.1) is 0 Å². The molecule has 0 aromatic rings. The summed E-state index contributed by atoms with van der Waals surface area (Å²) in [4.78, 5) is 12.6. The standard InChI is InChI=1S/C11H20F2N2O/c1-15(8-10(12)13)11(16)3-2-9-4-6-14-7-5-9/h9-10,14H,2-8H2,1H3. The Hall–Kier alpha value is -0.710. The van der Waals surface area contributed by atoms with Crippen molar-refractivity contribution in [1.29, 1.82) is 0 Å². The van der Waals surface area contributed by atoms with E-state index in [-0.39, 0.29) is 5.91 Å². The Bertz CT molecular complexity index is 218. The van der Waals surface area contributed by atoms with E-state index in [4.69, 9.17) is 0 Å². The first-order valence-electron chi connectivity index (χ1n) is 5.82. The third-order valence-electron chi connectivity index (χ3n) is 3.06. The van der Waals surface area contributed by atoms with Gasteiger partial charge in [0.15, 0.2) is 0 Å². The highest BCUT2D eigenvalue weighted by Gasteiger charge is 2.17. The second-order valence-electron chi connectivity index (χ2n) is 4.40. The van der Waals surface area contributed by atoms with Gasteiger partial charge in [-0.05, 0) is 38.3 Å². The first kappa shape index (κ1) is 13.4. The molecule has 0 aromatic heterocycles. The number of nitrogens with one attached hydrogen (secondary N) is 1. The summed E-state index contributed by atoms with van der Waals surface area (Å²) >= 11 is 0. The van der Waals surface area contributed by atoms with Gasteiger partial charge in [-0.3, -0.25) is 4.79 Å². The van der Waals surface area contributed by atoms with Gasteiger partial charge in [-0.2, -0.15) is 0 Å². The van der Waals surface area contributed by atoms with E-state index in [1.165, 1.54) is 7.05 Å². The molecule has 1 amide bonds. The van der Waals surface area contributed by atoms with E-state index in [1.54, 1.807) is 0 Å². The molecule has 1 aliphatic heterocycles. The first-order valence-corrected chi connectivity index (χ1v) is 5.82. The van der Waals surface area contributed by atoms with Crippen LogP contribution in [0, 0.1) is 5.92 Å². The van der Waals surface area contributed by atoms with Crippen molar-refractivity contribution >= 4 is 5.91 Å². The molecule has 0 atom stereocenters. The molecule has 0 spiro atoms. The molecule has 0 saturated carbocycles. The van der Waals surface area contributed by atoms with Crippen LogP contribution in [-0.4, -0.2) is 43.9 Å². The molecule has 3 nitrogen and oxygen atoms in total. The van der Waals surface area contributed by atoms with Crippen LogP contribution in [-0.2, 0) is 4.79 Å². The summed E-state index contributed by atoms with van der Waals surface area (Å²) in [6.07, 6.45) is 0.965. The van der Waals surface area contributed by atoms with Gasteiger partial charge in [0.1, 0.15) is 0 Å². The van der Waals surface area contributed by atoms with Gasteiger partial charge in [-0.1, -0.05) is 0 Å². The average Bonchev–Trinajstić information content (AvgIpc) is 2.26. The Labute approximate surface area is 95.2 Å². The number of alkyl halides is 2. The van der Waals surface area contributed by atoms with Crippen molar-refractivity contribution in [3.63, 3.8) is 0 Å². The van der Waals surface area contributed by atoms with Crippen molar-refractivity contribution in [3.8, 4) is 0 Å². The average molecular weight is 234 g/mol. The molecule has 0 unspecified atom stereocenters. The molecule has 16 heavy (non-hydrogen) atoms. The molecular formula is C11H20F2N2O. The van der Waals surface area contributed by atoms with Crippen LogP contribution < -0.4 is 5.32 Å². The first-order chi connectivity index (χ1) is 7.59. The number of carbonyl (C=O) groups excluding carboxylic acids is 1. The third kappa shape index (κ3) is 4.88. The predicted molar refractivity (Wildman–Crippen MR) is 58.5 cm³/mol. The SMILES string of the molecule is CN(CC(F)F)C(=O)CCC1CCNCC1. The Morgan fingerprint density at radius 1 is 1.44 bits per heavy atom. The minimum atomic E-state index is -2.44. The van der Waals surface area contributed by atoms with E-state index in [1.807, 2.05) is 0 Å². The maximum absolute atomic E-state index is 12.0. The summed E-state index contributed by atoms with van der Waals surface area (Å²) in [5.41, 5.74) is 0. The highest BCUT2D eigenvalue weighted by atomic mass is 19.3. The van der Waals surface area contributed by atoms with Gasteiger partial charge in [0.25, 0.3) is 6.43 Å². The monoisotopic (exact) mass is 234 g/mol. The van der Waals surface area contributed by atoms with Gasteiger partial charge in [0.2, 0.25) is 5.91 Å². The second kappa shape index (κ2) is 6.78. The molecule has 1 rings (SSSR count). The van der Waals surface area contributed by atoms with Crippen LogP contribution in [0.2, 0.25) is 0 Å². The molecule has 1 saturated heterocycles. The Morgan fingerprint density at radius 3 is 2.62 bits per heavy atom. The van der Waals surface area contributed by atoms with Crippen LogP contribution in [0.4, 0.5) is 8.78 Å². The molecule has 0 aliphatic carbocycles. The normalized spacial score (nSPS) is 17.8. The summed E-state index contributed by atoms with van der Waals surface area (Å²) in [6.45, 7) is 1.56.